The van der Waals surface area contributed by atoms with Crippen LogP contribution in [0.15, 0.2) is 30.5 Å². The van der Waals surface area contributed by atoms with Crippen molar-refractivity contribution in [2.75, 3.05) is 19.6 Å². The Kier molecular flexibility index (Phi) is 4.31. The lowest BCUT2D eigenvalue weighted by Crippen LogP contribution is -2.43. The number of piperidine rings is 1. The number of fused-ring (bicyclic) bond motifs is 1. The number of thioether (sulfide) groups is 1. The van der Waals surface area contributed by atoms with Gasteiger partial charge in [0.15, 0.2) is 0 Å². The van der Waals surface area contributed by atoms with Crippen molar-refractivity contribution in [3.63, 3.8) is 0 Å². The van der Waals surface area contributed by atoms with E-state index in [0.29, 0.717) is 22.4 Å². The molecule has 4 nitrogen and oxygen atoms in total. The summed E-state index contributed by atoms with van der Waals surface area (Å²) in [5.74, 6) is 0.302. The van der Waals surface area contributed by atoms with Gasteiger partial charge in [0.1, 0.15) is 0 Å². The normalized spacial score (nSPS) is 23.2. The molecule has 4 rings (SSSR count). The second kappa shape index (κ2) is 6.45. The van der Waals surface area contributed by atoms with Gasteiger partial charge in [-0.15, -0.1) is 11.8 Å². The van der Waals surface area contributed by atoms with E-state index in [1.54, 1.807) is 0 Å². The van der Waals surface area contributed by atoms with Crippen molar-refractivity contribution in [2.45, 2.75) is 42.7 Å². The molecule has 0 radical (unpaired) electrons. The summed E-state index contributed by atoms with van der Waals surface area (Å²) >= 11 is 2.01. The molecule has 1 spiro atoms. The van der Waals surface area contributed by atoms with Gasteiger partial charge in [0.25, 0.3) is 0 Å². The Labute approximate surface area is 147 Å². The fraction of sp³-hybridized carbons (Fsp3) is 0.526. The van der Waals surface area contributed by atoms with Crippen LogP contribution in [-0.2, 0) is 11.2 Å². The van der Waals surface area contributed by atoms with Crippen molar-refractivity contribution >= 4 is 28.6 Å². The number of carbonyl (C=O) groups is 1. The van der Waals surface area contributed by atoms with Crippen molar-refractivity contribution in [3.05, 3.63) is 36.0 Å². The molecule has 2 aliphatic heterocycles. The Morgan fingerprint density at radius 1 is 1.33 bits per heavy atom. The molecule has 0 unspecified atom stereocenters. The zero-order valence-corrected chi connectivity index (χ0v) is 15.0. The van der Waals surface area contributed by atoms with Gasteiger partial charge in [-0.3, -0.25) is 4.79 Å². The van der Waals surface area contributed by atoms with Gasteiger partial charge in [0, 0.05) is 34.8 Å². The number of hydrogen-bond acceptors (Lipinski definition) is 3. The minimum absolute atomic E-state index is 0.293. The van der Waals surface area contributed by atoms with Crippen LogP contribution >= 0.6 is 11.8 Å². The van der Waals surface area contributed by atoms with E-state index in [9.17, 15) is 4.79 Å². The van der Waals surface area contributed by atoms with Crippen LogP contribution in [0.2, 0.25) is 0 Å². The predicted molar refractivity (Wildman–Crippen MR) is 100 cm³/mol. The van der Waals surface area contributed by atoms with Crippen molar-refractivity contribution in [1.82, 2.24) is 15.2 Å². The highest BCUT2D eigenvalue weighted by Crippen LogP contribution is 2.45. The van der Waals surface area contributed by atoms with E-state index >= 15 is 0 Å². The number of benzene rings is 1. The third kappa shape index (κ3) is 2.95. The van der Waals surface area contributed by atoms with Gasteiger partial charge in [0.2, 0.25) is 5.91 Å². The number of aromatic amines is 1. The number of nitrogens with one attached hydrogen (secondary N) is 2. The highest BCUT2D eigenvalue weighted by atomic mass is 32.2. The van der Waals surface area contributed by atoms with Gasteiger partial charge in [0.05, 0.1) is 5.37 Å². The summed E-state index contributed by atoms with van der Waals surface area (Å²) in [7, 11) is 0. The van der Waals surface area contributed by atoms with Crippen LogP contribution in [0.5, 0.6) is 0 Å². The SMILES string of the molecule is C[C@@H]1SC2(CCNCC2)CN1C(=O)CCc1c[nH]c2ccccc12. The standard InChI is InChI=1S/C19H25N3OS/c1-14-22(13-19(24-14)8-10-20-11-9-19)18(23)7-6-15-12-21-17-5-3-2-4-16(15)17/h2-5,12,14,20-21H,6-11,13H2,1H3/t14-/m0/s1. The maximum atomic E-state index is 12.8. The quantitative estimate of drug-likeness (QED) is 0.900. The molecule has 2 aliphatic rings. The summed E-state index contributed by atoms with van der Waals surface area (Å²) in [5, 5.41) is 4.98. The molecule has 1 aromatic carbocycles. The summed E-state index contributed by atoms with van der Waals surface area (Å²) in [6.45, 7) is 5.27. The number of aromatic nitrogens is 1. The zero-order valence-electron chi connectivity index (χ0n) is 14.2. The molecule has 2 N–H and O–H groups in total. The average molecular weight is 343 g/mol. The summed E-state index contributed by atoms with van der Waals surface area (Å²) < 4.78 is 0.293. The Morgan fingerprint density at radius 2 is 2.12 bits per heavy atom. The molecule has 2 fully saturated rings. The first-order chi connectivity index (χ1) is 11.7. The Morgan fingerprint density at radius 3 is 2.96 bits per heavy atom. The van der Waals surface area contributed by atoms with E-state index < -0.39 is 0 Å². The largest absolute Gasteiger partial charge is 0.361 e. The molecule has 128 valence electrons. The summed E-state index contributed by atoms with van der Waals surface area (Å²) in [5.41, 5.74) is 2.40. The first-order valence-corrected chi connectivity index (χ1v) is 9.78. The molecule has 0 aliphatic carbocycles. The monoisotopic (exact) mass is 343 g/mol. The third-order valence-corrected chi connectivity index (χ3v) is 7.07. The van der Waals surface area contributed by atoms with Crippen molar-refractivity contribution in [3.8, 4) is 0 Å². The molecule has 2 aromatic rings. The molecule has 0 saturated carbocycles. The minimum Gasteiger partial charge on any atom is -0.361 e. The topological polar surface area (TPSA) is 48.1 Å². The van der Waals surface area contributed by atoms with Gasteiger partial charge in [-0.2, -0.15) is 0 Å². The molecular weight excluding hydrogens is 318 g/mol. The van der Waals surface area contributed by atoms with Crippen molar-refractivity contribution < 1.29 is 4.79 Å². The molecule has 2 saturated heterocycles. The van der Waals surface area contributed by atoms with Crippen LogP contribution in [0.4, 0.5) is 0 Å². The molecule has 0 bridgehead atoms. The third-order valence-electron chi connectivity index (χ3n) is 5.44. The number of aryl methyl sites for hydroxylation is 1. The predicted octanol–water partition coefficient (Wildman–Crippen LogP) is 3.14. The smallest absolute Gasteiger partial charge is 0.223 e. The van der Waals surface area contributed by atoms with E-state index in [-0.39, 0.29) is 0 Å². The van der Waals surface area contributed by atoms with E-state index in [0.717, 1.165) is 31.6 Å². The highest BCUT2D eigenvalue weighted by Gasteiger charge is 2.44. The maximum absolute atomic E-state index is 12.8. The summed E-state index contributed by atoms with van der Waals surface area (Å²) in [6, 6.07) is 8.31. The van der Waals surface area contributed by atoms with Crippen LogP contribution in [0.25, 0.3) is 10.9 Å². The molecule has 1 amide bonds. The van der Waals surface area contributed by atoms with Gasteiger partial charge >= 0.3 is 0 Å². The Balaban J connectivity index is 1.41. The fourth-order valence-electron chi connectivity index (χ4n) is 4.07. The number of H-pyrrole nitrogens is 1. The van der Waals surface area contributed by atoms with E-state index in [4.69, 9.17) is 0 Å². The Bertz CT molecular complexity index is 735. The van der Waals surface area contributed by atoms with Crippen LogP contribution in [0, 0.1) is 0 Å². The van der Waals surface area contributed by atoms with Crippen molar-refractivity contribution in [1.29, 1.82) is 0 Å². The first kappa shape index (κ1) is 16.0. The Hall–Kier alpha value is -1.46. The summed E-state index contributed by atoms with van der Waals surface area (Å²) in [6.07, 6.45) is 5.81. The van der Waals surface area contributed by atoms with E-state index in [1.807, 2.05) is 17.8 Å². The van der Waals surface area contributed by atoms with Gasteiger partial charge in [-0.05, 0) is 50.9 Å². The fourth-order valence-corrected chi connectivity index (χ4v) is 5.77. The lowest BCUT2D eigenvalue weighted by molar-refractivity contribution is -0.131. The second-order valence-corrected chi connectivity index (χ2v) is 8.82. The van der Waals surface area contributed by atoms with E-state index in [1.165, 1.54) is 23.8 Å². The maximum Gasteiger partial charge on any atom is 0.223 e. The average Bonchev–Trinajstić information content (AvgIpc) is 3.15. The van der Waals surface area contributed by atoms with Gasteiger partial charge < -0.3 is 15.2 Å². The minimum atomic E-state index is 0.293. The van der Waals surface area contributed by atoms with Crippen molar-refractivity contribution in [2.24, 2.45) is 0 Å². The number of hydrogen-bond donors (Lipinski definition) is 2. The molecule has 5 heteroatoms. The number of amides is 1. The zero-order chi connectivity index (χ0) is 16.6. The molecule has 1 aromatic heterocycles. The summed E-state index contributed by atoms with van der Waals surface area (Å²) in [4.78, 5) is 18.2. The number of rotatable bonds is 3. The molecule has 1 atom stereocenters. The van der Waals surface area contributed by atoms with Gasteiger partial charge in [-0.25, -0.2) is 0 Å². The second-order valence-electron chi connectivity index (χ2n) is 7.03. The lowest BCUT2D eigenvalue weighted by atomic mass is 9.96. The van der Waals surface area contributed by atoms with Crippen LogP contribution in [0.1, 0.15) is 31.7 Å². The number of nitrogens with zero attached hydrogens (tertiary/aromatic N) is 1. The lowest BCUT2D eigenvalue weighted by Gasteiger charge is -2.32. The molecule has 24 heavy (non-hydrogen) atoms. The number of para-hydroxylation sites is 1. The van der Waals surface area contributed by atoms with Crippen LogP contribution in [0.3, 0.4) is 0 Å². The number of carbonyl (C=O) groups excluding carboxylic acids is 1. The molecular formula is C19H25N3OS. The highest BCUT2D eigenvalue weighted by molar-refractivity contribution is 8.01. The van der Waals surface area contributed by atoms with Crippen LogP contribution in [-0.4, -0.2) is 45.5 Å². The van der Waals surface area contributed by atoms with Crippen LogP contribution < -0.4 is 5.32 Å². The van der Waals surface area contributed by atoms with Gasteiger partial charge in [-0.1, -0.05) is 18.2 Å². The molecule has 3 heterocycles. The first-order valence-electron chi connectivity index (χ1n) is 8.90. The van der Waals surface area contributed by atoms with E-state index in [2.05, 4.69) is 46.5 Å².